The normalized spacial score (nSPS) is 12.9. The molecule has 106 valence electrons. The fraction of sp³-hybridized carbons (Fsp3) is 1.00. The molecule has 0 aliphatic heterocycles. The van der Waals surface area contributed by atoms with E-state index in [0.717, 1.165) is 12.1 Å². The Morgan fingerprint density at radius 2 is 1.67 bits per heavy atom. The molecule has 0 aliphatic carbocycles. The van der Waals surface area contributed by atoms with Gasteiger partial charge in [0.15, 0.2) is 18.1 Å². The molecule has 0 aromatic carbocycles. The number of hydrogen-bond donors (Lipinski definition) is 0. The van der Waals surface area contributed by atoms with Crippen LogP contribution in [0.15, 0.2) is 5.11 Å². The zero-order valence-electron chi connectivity index (χ0n) is 11.8. The van der Waals surface area contributed by atoms with Crippen molar-refractivity contribution in [3.05, 3.63) is 10.4 Å². The standard InChI is InChI=1S/C8H23N3O4Si3/c1-12-18(13-2,14-3)7-6-17(4,5)15-16-8-10-11-9/h6-8,16H2,1-5H3. The second-order valence-corrected chi connectivity index (χ2v) is 13.5. The molecule has 0 aliphatic rings. The van der Waals surface area contributed by atoms with Gasteiger partial charge < -0.3 is 17.4 Å². The molecular formula is C8H23N3O4Si3. The molecule has 0 heterocycles. The summed E-state index contributed by atoms with van der Waals surface area (Å²) < 4.78 is 22.1. The van der Waals surface area contributed by atoms with Crippen molar-refractivity contribution >= 4 is 26.9 Å². The van der Waals surface area contributed by atoms with Crippen LogP contribution in [0.3, 0.4) is 0 Å². The second-order valence-electron chi connectivity index (χ2n) is 4.36. The Balaban J connectivity index is 4.18. The lowest BCUT2D eigenvalue weighted by Crippen LogP contribution is -2.45. The van der Waals surface area contributed by atoms with Crippen molar-refractivity contribution in [3.8, 4) is 0 Å². The predicted molar refractivity (Wildman–Crippen MR) is 77.5 cm³/mol. The summed E-state index contributed by atoms with van der Waals surface area (Å²) in [5.41, 5.74) is 8.19. The first-order valence-electron chi connectivity index (χ1n) is 5.75. The molecule has 0 N–H and O–H groups in total. The van der Waals surface area contributed by atoms with E-state index in [2.05, 4.69) is 23.1 Å². The quantitative estimate of drug-likeness (QED) is 0.201. The second kappa shape index (κ2) is 8.83. The van der Waals surface area contributed by atoms with Gasteiger partial charge in [0.1, 0.15) is 0 Å². The third kappa shape index (κ3) is 6.66. The van der Waals surface area contributed by atoms with Gasteiger partial charge in [-0.1, -0.05) is 5.11 Å². The molecule has 0 rings (SSSR count). The zero-order chi connectivity index (χ0) is 14.1. The van der Waals surface area contributed by atoms with Crippen molar-refractivity contribution in [3.63, 3.8) is 0 Å². The molecule has 0 saturated carbocycles. The monoisotopic (exact) mass is 309 g/mol. The highest BCUT2D eigenvalue weighted by Crippen LogP contribution is 2.22. The highest BCUT2D eigenvalue weighted by atomic mass is 28.4. The number of azide groups is 1. The van der Waals surface area contributed by atoms with E-state index in [1.54, 1.807) is 21.3 Å². The van der Waals surface area contributed by atoms with E-state index in [1.807, 2.05) is 0 Å². The first-order chi connectivity index (χ1) is 8.45. The lowest BCUT2D eigenvalue weighted by Gasteiger charge is -2.29. The first kappa shape index (κ1) is 17.8. The molecule has 18 heavy (non-hydrogen) atoms. The minimum Gasteiger partial charge on any atom is -0.460 e. The number of nitrogens with zero attached hydrogens (tertiary/aromatic N) is 3. The minimum absolute atomic E-state index is 0.508. The number of rotatable bonds is 10. The Morgan fingerprint density at radius 3 is 2.11 bits per heavy atom. The van der Waals surface area contributed by atoms with Gasteiger partial charge in [0.25, 0.3) is 0 Å². The van der Waals surface area contributed by atoms with E-state index >= 15 is 0 Å². The summed E-state index contributed by atoms with van der Waals surface area (Å²) in [4.78, 5) is 2.72. The smallest absolute Gasteiger partial charge is 0.460 e. The third-order valence-corrected chi connectivity index (χ3v) is 11.7. The predicted octanol–water partition coefficient (Wildman–Crippen LogP) is 1.44. The Labute approximate surface area is 113 Å². The van der Waals surface area contributed by atoms with Crippen molar-refractivity contribution in [1.29, 1.82) is 0 Å². The van der Waals surface area contributed by atoms with E-state index in [4.69, 9.17) is 22.9 Å². The van der Waals surface area contributed by atoms with Gasteiger partial charge >= 0.3 is 8.80 Å². The Bertz CT molecular complexity index is 274. The molecular weight excluding hydrogens is 286 g/mol. The highest BCUT2D eigenvalue weighted by Gasteiger charge is 2.40. The van der Waals surface area contributed by atoms with Crippen molar-refractivity contribution in [2.75, 3.05) is 27.5 Å². The minimum atomic E-state index is -2.49. The summed E-state index contributed by atoms with van der Waals surface area (Å²) in [7, 11) is -0.136. The van der Waals surface area contributed by atoms with Crippen molar-refractivity contribution in [1.82, 2.24) is 0 Å². The Kier molecular flexibility index (Phi) is 8.73. The zero-order valence-corrected chi connectivity index (χ0v) is 15.2. The molecule has 0 radical (unpaired) electrons. The molecule has 0 spiro atoms. The topological polar surface area (TPSA) is 85.7 Å². The van der Waals surface area contributed by atoms with Gasteiger partial charge in [-0.25, -0.2) is 0 Å². The maximum atomic E-state index is 8.19. The molecule has 0 saturated heterocycles. The molecule has 7 nitrogen and oxygen atoms in total. The molecule has 0 amide bonds. The summed E-state index contributed by atoms with van der Waals surface area (Å²) in [6, 6.07) is 1.67. The van der Waals surface area contributed by atoms with E-state index in [-0.39, 0.29) is 0 Å². The molecule has 0 aromatic heterocycles. The summed E-state index contributed by atoms with van der Waals surface area (Å²) in [6.45, 7) is 4.30. The largest absolute Gasteiger partial charge is 0.499 e. The van der Waals surface area contributed by atoms with Crippen LogP contribution in [0, 0.1) is 0 Å². The number of hydrogen-bond acceptors (Lipinski definition) is 5. The van der Waals surface area contributed by atoms with Crippen LogP contribution in [0.25, 0.3) is 10.4 Å². The molecule has 0 aromatic rings. The molecule has 10 heteroatoms. The average Bonchev–Trinajstić information content (AvgIpc) is 2.37. The van der Waals surface area contributed by atoms with Gasteiger partial charge in [-0.15, -0.1) is 0 Å². The highest BCUT2D eigenvalue weighted by molar-refractivity contribution is 6.76. The van der Waals surface area contributed by atoms with Crippen LogP contribution >= 0.6 is 0 Å². The summed E-state index contributed by atoms with van der Waals surface area (Å²) in [5.74, 6) is 0. The van der Waals surface area contributed by atoms with Crippen molar-refractivity contribution < 1.29 is 17.4 Å². The van der Waals surface area contributed by atoms with Crippen LogP contribution in [0.2, 0.25) is 25.2 Å². The van der Waals surface area contributed by atoms with Crippen LogP contribution in [0.4, 0.5) is 0 Å². The summed E-state index contributed by atoms with van der Waals surface area (Å²) in [6.07, 6.45) is 0.508. The van der Waals surface area contributed by atoms with Crippen LogP contribution < -0.4 is 0 Å². The van der Waals surface area contributed by atoms with E-state index in [1.165, 1.54) is 0 Å². The molecule has 0 unspecified atom stereocenters. The van der Waals surface area contributed by atoms with Gasteiger partial charge in [0.05, 0.1) is 0 Å². The van der Waals surface area contributed by atoms with Crippen LogP contribution in [-0.2, 0) is 17.4 Å². The maximum Gasteiger partial charge on any atom is 0.499 e. The van der Waals surface area contributed by atoms with E-state index in [0.29, 0.717) is 6.17 Å². The first-order valence-corrected chi connectivity index (χ1v) is 12.4. The molecule has 0 atom stereocenters. The van der Waals surface area contributed by atoms with E-state index < -0.39 is 26.9 Å². The van der Waals surface area contributed by atoms with Crippen molar-refractivity contribution in [2.24, 2.45) is 5.11 Å². The average molecular weight is 310 g/mol. The fourth-order valence-electron chi connectivity index (χ4n) is 1.49. The summed E-state index contributed by atoms with van der Waals surface area (Å²) >= 11 is 0. The van der Waals surface area contributed by atoms with Crippen LogP contribution in [0.1, 0.15) is 0 Å². The van der Waals surface area contributed by atoms with Crippen LogP contribution in [0.5, 0.6) is 0 Å². The maximum absolute atomic E-state index is 8.19. The van der Waals surface area contributed by atoms with Gasteiger partial charge in [-0.2, -0.15) is 0 Å². The Hall–Kier alpha value is -0.199. The summed E-state index contributed by atoms with van der Waals surface area (Å²) in [5, 5.41) is 3.51. The van der Waals surface area contributed by atoms with E-state index in [9.17, 15) is 0 Å². The Morgan fingerprint density at radius 1 is 1.11 bits per heavy atom. The van der Waals surface area contributed by atoms with Gasteiger partial charge in [-0.3, -0.25) is 0 Å². The fourth-order valence-corrected chi connectivity index (χ4v) is 9.56. The SMILES string of the molecule is CO[Si](CC[Si](C)(C)O[SiH2]CN=[N+]=[N-])(OC)OC. The lowest BCUT2D eigenvalue weighted by atomic mass is 10.9. The van der Waals surface area contributed by atoms with Crippen LogP contribution in [-0.4, -0.2) is 54.4 Å². The molecule has 0 bridgehead atoms. The van der Waals surface area contributed by atoms with Crippen molar-refractivity contribution in [2.45, 2.75) is 25.2 Å². The van der Waals surface area contributed by atoms with Gasteiger partial charge in [0, 0.05) is 38.5 Å². The van der Waals surface area contributed by atoms with Gasteiger partial charge in [0.2, 0.25) is 0 Å². The molecule has 0 fully saturated rings. The lowest BCUT2D eigenvalue weighted by molar-refractivity contribution is 0.125. The third-order valence-electron chi connectivity index (χ3n) is 2.71. The van der Waals surface area contributed by atoms with Gasteiger partial charge in [-0.05, 0) is 24.7 Å².